The quantitative estimate of drug-likeness (QED) is 0.672. The second kappa shape index (κ2) is 9.93. The maximum atomic E-state index is 12.0. The standard InChI is InChI=1S/C18H19F2NO2S/c19-18(20)23-16-10-8-15(9-11-16)21-17(22)13-24-12-4-7-14-5-2-1-3-6-14/h1-3,5-6,8-11,18H,4,7,12-13H2,(H,21,22). The summed E-state index contributed by atoms with van der Waals surface area (Å²) in [6.45, 7) is -2.85. The highest BCUT2D eigenvalue weighted by Crippen LogP contribution is 2.18. The van der Waals surface area contributed by atoms with Crippen LogP contribution in [0.1, 0.15) is 12.0 Å². The number of hydrogen-bond donors (Lipinski definition) is 1. The zero-order chi connectivity index (χ0) is 17.2. The van der Waals surface area contributed by atoms with E-state index in [1.54, 1.807) is 11.8 Å². The number of halogens is 2. The molecule has 0 aliphatic rings. The van der Waals surface area contributed by atoms with E-state index >= 15 is 0 Å². The zero-order valence-electron chi connectivity index (χ0n) is 13.1. The third kappa shape index (κ3) is 7.00. The lowest BCUT2D eigenvalue weighted by Crippen LogP contribution is -2.14. The second-order valence-electron chi connectivity index (χ2n) is 5.09. The molecule has 2 rings (SSSR count). The molecule has 0 saturated carbocycles. The third-order valence-corrected chi connectivity index (χ3v) is 4.24. The van der Waals surface area contributed by atoms with Crippen molar-refractivity contribution in [2.75, 3.05) is 16.8 Å². The largest absolute Gasteiger partial charge is 0.435 e. The number of nitrogens with one attached hydrogen (secondary N) is 1. The van der Waals surface area contributed by atoms with Crippen molar-refractivity contribution in [3.05, 3.63) is 60.2 Å². The number of amides is 1. The first kappa shape index (κ1) is 18.3. The van der Waals surface area contributed by atoms with E-state index < -0.39 is 6.61 Å². The van der Waals surface area contributed by atoms with E-state index in [0.29, 0.717) is 11.4 Å². The monoisotopic (exact) mass is 351 g/mol. The summed E-state index contributed by atoms with van der Waals surface area (Å²) in [6.07, 6.45) is 2.02. The lowest BCUT2D eigenvalue weighted by atomic mass is 10.1. The first-order valence-corrected chi connectivity index (χ1v) is 8.75. The van der Waals surface area contributed by atoms with E-state index in [9.17, 15) is 13.6 Å². The van der Waals surface area contributed by atoms with Crippen LogP contribution in [0.15, 0.2) is 54.6 Å². The molecule has 2 aromatic carbocycles. The molecule has 2 aromatic rings. The van der Waals surface area contributed by atoms with Crippen LogP contribution in [0.3, 0.4) is 0 Å². The molecule has 0 bridgehead atoms. The number of ether oxygens (including phenoxy) is 1. The van der Waals surface area contributed by atoms with Crippen LogP contribution >= 0.6 is 11.8 Å². The van der Waals surface area contributed by atoms with Gasteiger partial charge in [-0.25, -0.2) is 0 Å². The van der Waals surface area contributed by atoms with E-state index in [-0.39, 0.29) is 11.7 Å². The van der Waals surface area contributed by atoms with Gasteiger partial charge < -0.3 is 10.1 Å². The fourth-order valence-corrected chi connectivity index (χ4v) is 2.86. The molecule has 3 nitrogen and oxygen atoms in total. The highest BCUT2D eigenvalue weighted by Gasteiger charge is 2.06. The van der Waals surface area contributed by atoms with Gasteiger partial charge in [0.05, 0.1) is 5.75 Å². The van der Waals surface area contributed by atoms with Crippen molar-refractivity contribution in [1.82, 2.24) is 0 Å². The van der Waals surface area contributed by atoms with Gasteiger partial charge in [-0.2, -0.15) is 20.5 Å². The van der Waals surface area contributed by atoms with Crippen LogP contribution in [-0.2, 0) is 11.2 Å². The Morgan fingerprint density at radius 1 is 1.08 bits per heavy atom. The Kier molecular flexibility index (Phi) is 7.55. The Morgan fingerprint density at radius 3 is 2.46 bits per heavy atom. The van der Waals surface area contributed by atoms with E-state index in [0.717, 1.165) is 18.6 Å². The molecule has 1 N–H and O–H groups in total. The van der Waals surface area contributed by atoms with Crippen LogP contribution in [0.5, 0.6) is 5.75 Å². The van der Waals surface area contributed by atoms with Crippen molar-refractivity contribution >= 4 is 23.4 Å². The number of aryl methyl sites for hydroxylation is 1. The molecule has 128 valence electrons. The molecule has 0 radical (unpaired) electrons. The minimum absolute atomic E-state index is 0.0679. The molecule has 0 spiro atoms. The molecule has 6 heteroatoms. The van der Waals surface area contributed by atoms with Crippen molar-refractivity contribution in [3.8, 4) is 5.75 Å². The van der Waals surface area contributed by atoms with Crippen LogP contribution < -0.4 is 10.1 Å². The van der Waals surface area contributed by atoms with Crippen molar-refractivity contribution in [3.63, 3.8) is 0 Å². The summed E-state index contributed by atoms with van der Waals surface area (Å²) in [5.41, 5.74) is 1.86. The number of anilines is 1. The van der Waals surface area contributed by atoms with Crippen LogP contribution in [0.25, 0.3) is 0 Å². The van der Waals surface area contributed by atoms with E-state index in [1.165, 1.54) is 29.8 Å². The van der Waals surface area contributed by atoms with Gasteiger partial charge in [-0.05, 0) is 48.4 Å². The van der Waals surface area contributed by atoms with Gasteiger partial charge in [0.1, 0.15) is 5.75 Å². The lowest BCUT2D eigenvalue weighted by Gasteiger charge is -2.07. The Balaban J connectivity index is 1.62. The number of benzene rings is 2. The normalized spacial score (nSPS) is 10.6. The van der Waals surface area contributed by atoms with E-state index in [2.05, 4.69) is 22.2 Å². The van der Waals surface area contributed by atoms with Gasteiger partial charge in [0.25, 0.3) is 0 Å². The summed E-state index contributed by atoms with van der Waals surface area (Å²) in [4.78, 5) is 11.8. The molecule has 24 heavy (non-hydrogen) atoms. The van der Waals surface area contributed by atoms with Crippen molar-refractivity contribution < 1.29 is 18.3 Å². The molecule has 0 aromatic heterocycles. The molecule has 0 unspecified atom stereocenters. The maximum Gasteiger partial charge on any atom is 0.387 e. The second-order valence-corrected chi connectivity index (χ2v) is 6.20. The molecular weight excluding hydrogens is 332 g/mol. The first-order valence-electron chi connectivity index (χ1n) is 7.60. The smallest absolute Gasteiger partial charge is 0.387 e. The summed E-state index contributed by atoms with van der Waals surface area (Å²) in [5, 5.41) is 2.73. The van der Waals surface area contributed by atoms with Gasteiger partial charge in [0.15, 0.2) is 0 Å². The lowest BCUT2D eigenvalue weighted by molar-refractivity contribution is -0.113. The number of alkyl halides is 2. The molecule has 0 aliphatic heterocycles. The fourth-order valence-electron chi connectivity index (χ4n) is 2.10. The van der Waals surface area contributed by atoms with Crippen LogP contribution in [0, 0.1) is 0 Å². The predicted octanol–water partition coefficient (Wildman–Crippen LogP) is 4.59. The summed E-state index contributed by atoms with van der Waals surface area (Å²) in [7, 11) is 0. The van der Waals surface area contributed by atoms with Gasteiger partial charge in [0.2, 0.25) is 5.91 Å². The summed E-state index contributed by atoms with van der Waals surface area (Å²) in [5.74, 6) is 1.23. The molecular formula is C18H19F2NO2S. The van der Waals surface area contributed by atoms with Gasteiger partial charge in [-0.3, -0.25) is 4.79 Å². The highest BCUT2D eigenvalue weighted by molar-refractivity contribution is 7.99. The number of hydrogen-bond acceptors (Lipinski definition) is 3. The van der Waals surface area contributed by atoms with Crippen molar-refractivity contribution in [2.24, 2.45) is 0 Å². The minimum atomic E-state index is -2.85. The average molecular weight is 351 g/mol. The first-order chi connectivity index (χ1) is 11.6. The van der Waals surface area contributed by atoms with Gasteiger partial charge in [-0.15, -0.1) is 0 Å². The average Bonchev–Trinajstić information content (AvgIpc) is 2.57. The predicted molar refractivity (Wildman–Crippen MR) is 93.8 cm³/mol. The third-order valence-electron chi connectivity index (χ3n) is 3.19. The summed E-state index contributed by atoms with van der Waals surface area (Å²) in [6, 6.07) is 16.1. The van der Waals surface area contributed by atoms with Crippen molar-refractivity contribution in [2.45, 2.75) is 19.5 Å². The topological polar surface area (TPSA) is 38.3 Å². The Labute approximate surface area is 144 Å². The van der Waals surface area contributed by atoms with Crippen LogP contribution in [0.2, 0.25) is 0 Å². The van der Waals surface area contributed by atoms with E-state index in [4.69, 9.17) is 0 Å². The van der Waals surface area contributed by atoms with Crippen LogP contribution in [0.4, 0.5) is 14.5 Å². The molecule has 0 atom stereocenters. The van der Waals surface area contributed by atoms with E-state index in [1.807, 2.05) is 18.2 Å². The number of thioether (sulfide) groups is 1. The number of rotatable bonds is 9. The number of carbonyl (C=O) groups is 1. The fraction of sp³-hybridized carbons (Fsp3) is 0.278. The molecule has 0 aliphatic carbocycles. The molecule has 0 fully saturated rings. The van der Waals surface area contributed by atoms with Gasteiger partial charge >= 0.3 is 6.61 Å². The molecule has 0 saturated heterocycles. The van der Waals surface area contributed by atoms with Gasteiger partial charge in [-0.1, -0.05) is 30.3 Å². The molecule has 0 heterocycles. The minimum Gasteiger partial charge on any atom is -0.435 e. The van der Waals surface area contributed by atoms with Gasteiger partial charge in [0, 0.05) is 5.69 Å². The highest BCUT2D eigenvalue weighted by atomic mass is 32.2. The van der Waals surface area contributed by atoms with Crippen LogP contribution in [-0.4, -0.2) is 24.0 Å². The Morgan fingerprint density at radius 2 is 1.79 bits per heavy atom. The Bertz CT molecular complexity index is 621. The number of carbonyl (C=O) groups excluding carboxylic acids is 1. The Hall–Kier alpha value is -2.08. The van der Waals surface area contributed by atoms with Crippen molar-refractivity contribution in [1.29, 1.82) is 0 Å². The maximum absolute atomic E-state index is 12.0. The summed E-state index contributed by atoms with van der Waals surface area (Å²) >= 11 is 1.58. The SMILES string of the molecule is O=C(CSCCCc1ccccc1)Nc1ccc(OC(F)F)cc1. The summed E-state index contributed by atoms with van der Waals surface area (Å²) < 4.78 is 28.3. The zero-order valence-corrected chi connectivity index (χ0v) is 13.9. The molecule has 1 amide bonds.